The molecule has 0 aliphatic heterocycles. The number of unbranched alkanes of at least 4 members (excludes halogenated alkanes) is 1. The van der Waals surface area contributed by atoms with Gasteiger partial charge in [-0.1, -0.05) is 19.4 Å². The first-order valence-electron chi connectivity index (χ1n) is 5.93. The summed E-state index contributed by atoms with van der Waals surface area (Å²) in [5, 5.41) is 0. The average Bonchev–Trinajstić information content (AvgIpc) is 2.29. The molecule has 1 aromatic rings. The van der Waals surface area contributed by atoms with Crippen molar-refractivity contribution in [2.45, 2.75) is 32.6 Å². The van der Waals surface area contributed by atoms with Crippen molar-refractivity contribution in [2.24, 2.45) is 5.73 Å². The van der Waals surface area contributed by atoms with Crippen LogP contribution in [0.25, 0.3) is 0 Å². The number of hydrogen-bond donors (Lipinski definition) is 2. The summed E-state index contributed by atoms with van der Waals surface area (Å²) in [7, 11) is 0. The summed E-state index contributed by atoms with van der Waals surface area (Å²) >= 11 is 0. The van der Waals surface area contributed by atoms with Crippen LogP contribution in [0.5, 0.6) is 5.75 Å². The van der Waals surface area contributed by atoms with E-state index in [-0.39, 0.29) is 5.91 Å². The third-order valence-corrected chi connectivity index (χ3v) is 2.49. The highest BCUT2D eigenvalue weighted by atomic mass is 16.5. The van der Waals surface area contributed by atoms with Crippen LogP contribution in [-0.4, -0.2) is 12.5 Å². The van der Waals surface area contributed by atoms with Gasteiger partial charge in [0.15, 0.2) is 0 Å². The second-order valence-electron chi connectivity index (χ2n) is 4.04. The normalized spacial score (nSPS) is 10.2. The van der Waals surface area contributed by atoms with Gasteiger partial charge >= 0.3 is 0 Å². The molecule has 0 aliphatic carbocycles. The van der Waals surface area contributed by atoms with Crippen molar-refractivity contribution >= 4 is 11.6 Å². The molecule has 0 bridgehead atoms. The Hall–Kier alpha value is -1.71. The van der Waals surface area contributed by atoms with E-state index in [2.05, 4.69) is 6.92 Å². The maximum atomic E-state index is 10.7. The molecule has 0 saturated heterocycles. The minimum atomic E-state index is -0.299. The summed E-state index contributed by atoms with van der Waals surface area (Å²) in [4.78, 5) is 10.7. The van der Waals surface area contributed by atoms with E-state index in [0.717, 1.165) is 18.4 Å². The fourth-order valence-corrected chi connectivity index (χ4v) is 1.48. The fraction of sp³-hybridized carbons (Fsp3) is 0.462. The number of aryl methyl sites for hydroxylation is 1. The first-order chi connectivity index (χ1) is 8.13. The van der Waals surface area contributed by atoms with Gasteiger partial charge < -0.3 is 16.2 Å². The number of anilines is 1. The number of amides is 1. The molecular weight excluding hydrogens is 216 g/mol. The minimum Gasteiger partial charge on any atom is -0.491 e. The number of ether oxygens (including phenoxy) is 1. The molecule has 0 unspecified atom stereocenters. The van der Waals surface area contributed by atoms with Crippen LogP contribution in [0, 0.1) is 0 Å². The highest BCUT2D eigenvalue weighted by Crippen LogP contribution is 2.23. The SMILES string of the molecule is CCCCOc1ccc(CCC(N)=O)cc1N. The Bertz CT molecular complexity index is 378. The maximum Gasteiger partial charge on any atom is 0.217 e. The standard InChI is InChI=1S/C13H20N2O2/c1-2-3-8-17-12-6-4-10(9-11(12)14)5-7-13(15)16/h4,6,9H,2-3,5,7-8,14H2,1H3,(H2,15,16). The van der Waals surface area contributed by atoms with Gasteiger partial charge in [0.2, 0.25) is 5.91 Å². The summed E-state index contributed by atoms with van der Waals surface area (Å²) in [6, 6.07) is 5.60. The molecule has 4 nitrogen and oxygen atoms in total. The van der Waals surface area contributed by atoms with Gasteiger partial charge in [-0.15, -0.1) is 0 Å². The first-order valence-corrected chi connectivity index (χ1v) is 5.93. The molecule has 0 fully saturated rings. The number of nitrogens with two attached hydrogens (primary N) is 2. The number of nitrogen functional groups attached to an aromatic ring is 1. The lowest BCUT2D eigenvalue weighted by Crippen LogP contribution is -2.11. The molecule has 1 amide bonds. The van der Waals surface area contributed by atoms with E-state index in [0.29, 0.717) is 30.9 Å². The Morgan fingerprint density at radius 3 is 2.76 bits per heavy atom. The van der Waals surface area contributed by atoms with Gasteiger partial charge in [-0.2, -0.15) is 0 Å². The van der Waals surface area contributed by atoms with Crippen LogP contribution in [-0.2, 0) is 11.2 Å². The molecule has 1 aromatic carbocycles. The summed E-state index contributed by atoms with van der Waals surface area (Å²) in [6.45, 7) is 2.79. The first kappa shape index (κ1) is 13.4. The van der Waals surface area contributed by atoms with Crippen molar-refractivity contribution in [2.75, 3.05) is 12.3 Å². The number of primary amides is 1. The van der Waals surface area contributed by atoms with Gasteiger partial charge in [0.25, 0.3) is 0 Å². The van der Waals surface area contributed by atoms with E-state index in [1.807, 2.05) is 18.2 Å². The van der Waals surface area contributed by atoms with E-state index in [9.17, 15) is 4.79 Å². The van der Waals surface area contributed by atoms with Gasteiger partial charge in [-0.05, 0) is 30.5 Å². The zero-order valence-corrected chi connectivity index (χ0v) is 10.2. The van der Waals surface area contributed by atoms with Gasteiger partial charge in [0.05, 0.1) is 12.3 Å². The van der Waals surface area contributed by atoms with Crippen molar-refractivity contribution in [3.05, 3.63) is 23.8 Å². The largest absolute Gasteiger partial charge is 0.491 e. The zero-order valence-electron chi connectivity index (χ0n) is 10.2. The van der Waals surface area contributed by atoms with E-state index in [4.69, 9.17) is 16.2 Å². The minimum absolute atomic E-state index is 0.299. The Morgan fingerprint density at radius 2 is 2.18 bits per heavy atom. The average molecular weight is 236 g/mol. The molecule has 17 heavy (non-hydrogen) atoms. The monoisotopic (exact) mass is 236 g/mol. The molecule has 0 saturated carbocycles. The van der Waals surface area contributed by atoms with Crippen LogP contribution < -0.4 is 16.2 Å². The summed E-state index contributed by atoms with van der Waals surface area (Å²) in [6.07, 6.45) is 3.07. The number of carbonyl (C=O) groups is 1. The van der Waals surface area contributed by atoms with E-state index in [1.54, 1.807) is 0 Å². The predicted molar refractivity (Wildman–Crippen MR) is 68.8 cm³/mol. The van der Waals surface area contributed by atoms with Crippen molar-refractivity contribution in [3.8, 4) is 5.75 Å². The summed E-state index contributed by atoms with van der Waals surface area (Å²) < 4.78 is 5.54. The van der Waals surface area contributed by atoms with Crippen molar-refractivity contribution in [1.82, 2.24) is 0 Å². The fourth-order valence-electron chi connectivity index (χ4n) is 1.48. The molecule has 4 N–H and O–H groups in total. The van der Waals surface area contributed by atoms with Gasteiger partial charge in [0.1, 0.15) is 5.75 Å². The summed E-state index contributed by atoms with van der Waals surface area (Å²) in [5.41, 5.74) is 12.6. The van der Waals surface area contributed by atoms with Crippen LogP contribution in [0.1, 0.15) is 31.7 Å². The molecular formula is C13H20N2O2. The molecule has 0 aliphatic rings. The third kappa shape index (κ3) is 4.76. The molecule has 0 atom stereocenters. The Kier molecular flexibility index (Phi) is 5.33. The van der Waals surface area contributed by atoms with Crippen LogP contribution in [0.4, 0.5) is 5.69 Å². The molecule has 0 aromatic heterocycles. The quantitative estimate of drug-likeness (QED) is 0.560. The Labute approximate surface area is 102 Å². The lowest BCUT2D eigenvalue weighted by atomic mass is 10.1. The second kappa shape index (κ2) is 6.78. The molecule has 4 heteroatoms. The van der Waals surface area contributed by atoms with Gasteiger partial charge in [-0.25, -0.2) is 0 Å². The molecule has 0 spiro atoms. The summed E-state index contributed by atoms with van der Waals surface area (Å²) in [5.74, 6) is 0.410. The number of hydrogen-bond acceptors (Lipinski definition) is 3. The Morgan fingerprint density at radius 1 is 1.41 bits per heavy atom. The maximum absolute atomic E-state index is 10.7. The van der Waals surface area contributed by atoms with E-state index in [1.165, 1.54) is 0 Å². The molecule has 0 heterocycles. The predicted octanol–water partition coefficient (Wildman–Crippen LogP) is 1.87. The van der Waals surface area contributed by atoms with Crippen molar-refractivity contribution < 1.29 is 9.53 Å². The van der Waals surface area contributed by atoms with Crippen LogP contribution >= 0.6 is 0 Å². The second-order valence-corrected chi connectivity index (χ2v) is 4.04. The third-order valence-electron chi connectivity index (χ3n) is 2.49. The highest BCUT2D eigenvalue weighted by molar-refractivity contribution is 5.74. The topological polar surface area (TPSA) is 78.3 Å². The van der Waals surface area contributed by atoms with Crippen LogP contribution in [0.3, 0.4) is 0 Å². The van der Waals surface area contributed by atoms with Crippen LogP contribution in [0.2, 0.25) is 0 Å². The smallest absolute Gasteiger partial charge is 0.217 e. The van der Waals surface area contributed by atoms with Crippen LogP contribution in [0.15, 0.2) is 18.2 Å². The number of rotatable bonds is 7. The lowest BCUT2D eigenvalue weighted by molar-refractivity contribution is -0.117. The van der Waals surface area contributed by atoms with E-state index < -0.39 is 0 Å². The van der Waals surface area contributed by atoms with E-state index >= 15 is 0 Å². The molecule has 94 valence electrons. The molecule has 0 radical (unpaired) electrons. The van der Waals surface area contributed by atoms with Gasteiger partial charge in [0, 0.05) is 6.42 Å². The zero-order chi connectivity index (χ0) is 12.7. The van der Waals surface area contributed by atoms with Gasteiger partial charge in [-0.3, -0.25) is 4.79 Å². The van der Waals surface area contributed by atoms with Crippen molar-refractivity contribution in [3.63, 3.8) is 0 Å². The highest BCUT2D eigenvalue weighted by Gasteiger charge is 2.03. The number of benzene rings is 1. The molecule has 1 rings (SSSR count). The Balaban J connectivity index is 2.56. The lowest BCUT2D eigenvalue weighted by Gasteiger charge is -2.09. The number of carbonyl (C=O) groups excluding carboxylic acids is 1. The van der Waals surface area contributed by atoms with Crippen molar-refractivity contribution in [1.29, 1.82) is 0 Å².